The van der Waals surface area contributed by atoms with Crippen LogP contribution in [0.15, 0.2) is 30.3 Å². The summed E-state index contributed by atoms with van der Waals surface area (Å²) in [4.78, 5) is 10.5. The second-order valence-electron chi connectivity index (χ2n) is 3.61. The minimum atomic E-state index is -0.733. The summed E-state index contributed by atoms with van der Waals surface area (Å²) in [6.07, 6.45) is 1.85. The zero-order valence-electron chi connectivity index (χ0n) is 7.81. The Bertz CT molecular complexity index is 323. The molecule has 2 N–H and O–H groups in total. The first kappa shape index (κ1) is 9.21. The zero-order valence-corrected chi connectivity index (χ0v) is 7.81. The van der Waals surface area contributed by atoms with Gasteiger partial charge < -0.3 is 5.11 Å². The molecule has 0 bridgehead atoms. The maximum absolute atomic E-state index is 10.5. The van der Waals surface area contributed by atoms with Crippen LogP contribution < -0.4 is 5.32 Å². The van der Waals surface area contributed by atoms with E-state index in [1.165, 1.54) is 5.56 Å². The Balaban J connectivity index is 1.77. The number of carboxylic acids is 1. The molecule has 1 aliphatic rings. The van der Waals surface area contributed by atoms with Gasteiger partial charge in [-0.2, -0.15) is 0 Å². The molecular formula is C11H13NO2. The Morgan fingerprint density at radius 1 is 1.36 bits per heavy atom. The molecule has 74 valence electrons. The number of aryl methyl sites for hydroxylation is 1. The molecule has 1 aromatic rings. The molecule has 2 atom stereocenters. The third kappa shape index (κ3) is 2.12. The smallest absolute Gasteiger partial charge is 0.322 e. The van der Waals surface area contributed by atoms with Gasteiger partial charge in [0.1, 0.15) is 6.04 Å². The first-order valence-electron chi connectivity index (χ1n) is 4.80. The summed E-state index contributed by atoms with van der Waals surface area (Å²) >= 11 is 0. The van der Waals surface area contributed by atoms with Crippen LogP contribution in [0.2, 0.25) is 0 Å². The third-order valence-electron chi connectivity index (χ3n) is 2.54. The van der Waals surface area contributed by atoms with Crippen LogP contribution in [0, 0.1) is 0 Å². The molecular weight excluding hydrogens is 178 g/mol. The van der Waals surface area contributed by atoms with E-state index in [2.05, 4.69) is 17.4 Å². The summed E-state index contributed by atoms with van der Waals surface area (Å²) < 4.78 is 0. The van der Waals surface area contributed by atoms with E-state index in [4.69, 9.17) is 5.11 Å². The van der Waals surface area contributed by atoms with Gasteiger partial charge in [-0.3, -0.25) is 10.1 Å². The quantitative estimate of drug-likeness (QED) is 0.699. The van der Waals surface area contributed by atoms with Crippen LogP contribution in [0.1, 0.15) is 12.0 Å². The van der Waals surface area contributed by atoms with Gasteiger partial charge in [-0.05, 0) is 18.4 Å². The van der Waals surface area contributed by atoms with Crippen LogP contribution in [0.3, 0.4) is 0 Å². The monoisotopic (exact) mass is 191 g/mol. The minimum Gasteiger partial charge on any atom is -0.480 e. The van der Waals surface area contributed by atoms with Crippen molar-refractivity contribution in [1.82, 2.24) is 5.32 Å². The predicted octanol–water partition coefficient (Wildman–Crippen LogP) is 1.04. The Morgan fingerprint density at radius 3 is 2.64 bits per heavy atom. The first-order chi connectivity index (χ1) is 6.77. The molecule has 1 unspecified atom stereocenters. The summed E-state index contributed by atoms with van der Waals surface area (Å²) in [5.74, 6) is -0.733. The summed E-state index contributed by atoms with van der Waals surface area (Å²) in [5.41, 5.74) is 1.27. The number of aliphatic carboxylic acids is 1. The minimum absolute atomic E-state index is 0.174. The van der Waals surface area contributed by atoms with E-state index in [-0.39, 0.29) is 12.1 Å². The number of rotatable bonds is 4. The number of hydrogen-bond donors (Lipinski definition) is 2. The third-order valence-corrected chi connectivity index (χ3v) is 2.54. The lowest BCUT2D eigenvalue weighted by molar-refractivity contribution is -0.136. The van der Waals surface area contributed by atoms with E-state index in [1.54, 1.807) is 0 Å². The fraction of sp³-hybridized carbons (Fsp3) is 0.364. The lowest BCUT2D eigenvalue weighted by Crippen LogP contribution is -2.09. The fourth-order valence-corrected chi connectivity index (χ4v) is 1.64. The number of hydrogen-bond acceptors (Lipinski definition) is 2. The standard InChI is InChI=1S/C11H13NO2/c13-11(14)10-9(12-10)7-6-8-4-2-1-3-5-8/h1-5,9-10,12H,6-7H2,(H,13,14)/t9?,10-/m0/s1. The molecule has 3 nitrogen and oxygen atoms in total. The lowest BCUT2D eigenvalue weighted by Gasteiger charge is -1.97. The molecule has 1 aliphatic heterocycles. The molecule has 2 rings (SSSR count). The summed E-state index contributed by atoms with van der Waals surface area (Å²) in [6.45, 7) is 0. The van der Waals surface area contributed by atoms with Crippen molar-refractivity contribution in [2.24, 2.45) is 0 Å². The van der Waals surface area contributed by atoms with Crippen molar-refractivity contribution in [2.75, 3.05) is 0 Å². The van der Waals surface area contributed by atoms with E-state index in [1.807, 2.05) is 18.2 Å². The van der Waals surface area contributed by atoms with E-state index in [0.717, 1.165) is 12.8 Å². The normalized spacial score (nSPS) is 24.6. The van der Waals surface area contributed by atoms with Crippen molar-refractivity contribution >= 4 is 5.97 Å². The van der Waals surface area contributed by atoms with Crippen LogP contribution in [-0.2, 0) is 11.2 Å². The SMILES string of the molecule is O=C(O)[C@H]1NC1CCc1ccccc1. The topological polar surface area (TPSA) is 59.2 Å². The van der Waals surface area contributed by atoms with Crippen LogP contribution in [0.25, 0.3) is 0 Å². The number of carboxylic acid groups (broad SMARTS) is 1. The van der Waals surface area contributed by atoms with Crippen LogP contribution in [0.5, 0.6) is 0 Å². The van der Waals surface area contributed by atoms with Crippen molar-refractivity contribution in [3.05, 3.63) is 35.9 Å². The first-order valence-corrected chi connectivity index (χ1v) is 4.80. The zero-order chi connectivity index (χ0) is 9.97. The highest BCUT2D eigenvalue weighted by atomic mass is 16.4. The van der Waals surface area contributed by atoms with E-state index in [9.17, 15) is 4.79 Å². The van der Waals surface area contributed by atoms with Gasteiger partial charge in [0, 0.05) is 6.04 Å². The predicted molar refractivity (Wildman–Crippen MR) is 53.1 cm³/mol. The second kappa shape index (κ2) is 3.80. The molecule has 1 saturated heterocycles. The van der Waals surface area contributed by atoms with Gasteiger partial charge in [0.05, 0.1) is 0 Å². The molecule has 0 aromatic heterocycles. The Morgan fingerprint density at radius 2 is 2.07 bits per heavy atom. The Kier molecular flexibility index (Phi) is 2.50. The van der Waals surface area contributed by atoms with E-state index >= 15 is 0 Å². The van der Waals surface area contributed by atoms with Crippen LogP contribution in [0.4, 0.5) is 0 Å². The van der Waals surface area contributed by atoms with Crippen molar-refractivity contribution in [1.29, 1.82) is 0 Å². The van der Waals surface area contributed by atoms with Gasteiger partial charge in [-0.15, -0.1) is 0 Å². The van der Waals surface area contributed by atoms with Gasteiger partial charge in [0.15, 0.2) is 0 Å². The summed E-state index contributed by atoms with van der Waals surface area (Å²) in [7, 11) is 0. The molecule has 1 fully saturated rings. The van der Waals surface area contributed by atoms with E-state index < -0.39 is 5.97 Å². The molecule has 1 heterocycles. The lowest BCUT2D eigenvalue weighted by atomic mass is 10.1. The highest BCUT2D eigenvalue weighted by Gasteiger charge is 2.41. The Labute approximate surface area is 82.8 Å². The summed E-state index contributed by atoms with van der Waals surface area (Å²) in [6, 6.07) is 10.00. The van der Waals surface area contributed by atoms with Gasteiger partial charge in [-0.25, -0.2) is 0 Å². The van der Waals surface area contributed by atoms with Crippen molar-refractivity contribution < 1.29 is 9.90 Å². The average Bonchev–Trinajstić information content (AvgIpc) is 2.96. The maximum atomic E-state index is 10.5. The van der Waals surface area contributed by atoms with Gasteiger partial charge in [0.25, 0.3) is 0 Å². The molecule has 1 aromatic carbocycles. The fourth-order valence-electron chi connectivity index (χ4n) is 1.64. The number of benzene rings is 1. The largest absolute Gasteiger partial charge is 0.480 e. The van der Waals surface area contributed by atoms with Gasteiger partial charge >= 0.3 is 5.97 Å². The van der Waals surface area contributed by atoms with E-state index in [0.29, 0.717) is 0 Å². The molecule has 0 aliphatic carbocycles. The number of nitrogens with one attached hydrogen (secondary N) is 1. The molecule has 0 amide bonds. The van der Waals surface area contributed by atoms with Crippen LogP contribution in [-0.4, -0.2) is 23.2 Å². The van der Waals surface area contributed by atoms with Gasteiger partial charge in [-0.1, -0.05) is 30.3 Å². The molecule has 0 saturated carbocycles. The Hall–Kier alpha value is -1.35. The number of carbonyl (C=O) groups is 1. The van der Waals surface area contributed by atoms with Gasteiger partial charge in [0.2, 0.25) is 0 Å². The highest BCUT2D eigenvalue weighted by Crippen LogP contribution is 2.17. The highest BCUT2D eigenvalue weighted by molar-refractivity contribution is 5.78. The van der Waals surface area contributed by atoms with Crippen molar-refractivity contribution in [2.45, 2.75) is 24.9 Å². The van der Waals surface area contributed by atoms with Crippen LogP contribution >= 0.6 is 0 Å². The maximum Gasteiger partial charge on any atom is 0.322 e. The second-order valence-corrected chi connectivity index (χ2v) is 3.61. The molecule has 3 heteroatoms. The van der Waals surface area contributed by atoms with Crippen molar-refractivity contribution in [3.8, 4) is 0 Å². The van der Waals surface area contributed by atoms with Crippen molar-refractivity contribution in [3.63, 3.8) is 0 Å². The molecule has 0 radical (unpaired) electrons. The average molecular weight is 191 g/mol. The summed E-state index contributed by atoms with van der Waals surface area (Å²) in [5, 5.41) is 11.6. The molecule has 14 heavy (non-hydrogen) atoms. The molecule has 0 spiro atoms.